The van der Waals surface area contributed by atoms with E-state index in [0.29, 0.717) is 6.54 Å². The van der Waals surface area contributed by atoms with E-state index < -0.39 is 0 Å². The summed E-state index contributed by atoms with van der Waals surface area (Å²) in [6.07, 6.45) is 10.2. The van der Waals surface area contributed by atoms with Gasteiger partial charge in [-0.3, -0.25) is 9.69 Å². The van der Waals surface area contributed by atoms with Crippen molar-refractivity contribution in [3.05, 3.63) is 40.4 Å². The van der Waals surface area contributed by atoms with Crippen LogP contribution in [0, 0.1) is 6.92 Å². The fourth-order valence-corrected chi connectivity index (χ4v) is 4.25. The van der Waals surface area contributed by atoms with Crippen LogP contribution in [0.2, 0.25) is 0 Å². The Morgan fingerprint density at radius 3 is 2.76 bits per heavy atom. The molecule has 3 rings (SSSR count). The third kappa shape index (κ3) is 5.06. The highest BCUT2D eigenvalue weighted by molar-refractivity contribution is 7.11. The number of amides is 1. The first-order valence-electron chi connectivity index (χ1n) is 8.76. The molecule has 0 spiro atoms. The molecule has 0 N–H and O–H groups in total. The lowest BCUT2D eigenvalue weighted by molar-refractivity contribution is -0.132. The summed E-state index contributed by atoms with van der Waals surface area (Å²) in [7, 11) is 0. The quantitative estimate of drug-likeness (QED) is 0.821. The summed E-state index contributed by atoms with van der Waals surface area (Å²) in [5.74, 6) is 0.125. The minimum atomic E-state index is 0.125. The lowest BCUT2D eigenvalue weighted by Crippen LogP contribution is -2.39. The Morgan fingerprint density at radius 1 is 1.28 bits per heavy atom. The van der Waals surface area contributed by atoms with Crippen molar-refractivity contribution >= 4 is 17.2 Å². The van der Waals surface area contributed by atoms with Crippen molar-refractivity contribution < 1.29 is 4.79 Å². The Balaban J connectivity index is 1.60. The molecule has 1 aliphatic rings. The monoisotopic (exact) mass is 359 g/mol. The molecule has 1 atom stereocenters. The van der Waals surface area contributed by atoms with Gasteiger partial charge in [-0.25, -0.2) is 15.0 Å². The molecule has 1 saturated heterocycles. The van der Waals surface area contributed by atoms with Crippen LogP contribution in [0.25, 0.3) is 0 Å². The number of hydrogen-bond donors (Lipinski definition) is 0. The molecule has 3 heterocycles. The number of nitrogens with zero attached hydrogens (tertiary/aromatic N) is 5. The highest BCUT2D eigenvalue weighted by Crippen LogP contribution is 2.22. The summed E-state index contributed by atoms with van der Waals surface area (Å²) >= 11 is 1.77. The van der Waals surface area contributed by atoms with Gasteiger partial charge in [-0.05, 0) is 32.7 Å². The van der Waals surface area contributed by atoms with Gasteiger partial charge in [0.15, 0.2) is 0 Å². The molecule has 134 valence electrons. The Hall–Kier alpha value is -1.86. The van der Waals surface area contributed by atoms with Crippen molar-refractivity contribution in [3.8, 4) is 0 Å². The van der Waals surface area contributed by atoms with Crippen molar-refractivity contribution in [1.29, 1.82) is 0 Å². The molecule has 0 aliphatic carbocycles. The van der Waals surface area contributed by atoms with Gasteiger partial charge in [0, 0.05) is 61.6 Å². The van der Waals surface area contributed by atoms with E-state index in [9.17, 15) is 4.79 Å². The lowest BCUT2D eigenvalue weighted by atomic mass is 10.1. The number of hydrogen-bond acceptors (Lipinski definition) is 6. The van der Waals surface area contributed by atoms with Crippen LogP contribution in [0.15, 0.2) is 24.9 Å². The number of carbonyl (C=O) groups excluding carboxylic acids is 1. The fourth-order valence-electron chi connectivity index (χ4n) is 3.41. The van der Waals surface area contributed by atoms with E-state index in [-0.39, 0.29) is 11.9 Å². The first-order chi connectivity index (χ1) is 12.1. The summed E-state index contributed by atoms with van der Waals surface area (Å²) in [5, 5.41) is 1.12. The highest BCUT2D eigenvalue weighted by atomic mass is 32.1. The van der Waals surface area contributed by atoms with E-state index in [2.05, 4.69) is 19.9 Å². The Kier molecular flexibility index (Phi) is 6.09. The summed E-state index contributed by atoms with van der Waals surface area (Å²) in [6, 6.07) is 0.283. The van der Waals surface area contributed by atoms with E-state index in [0.717, 1.165) is 49.5 Å². The number of carbonyl (C=O) groups is 1. The largest absolute Gasteiger partial charge is 0.335 e. The van der Waals surface area contributed by atoms with Crippen LogP contribution in [0.1, 0.15) is 41.6 Å². The molecule has 25 heavy (non-hydrogen) atoms. The molecule has 7 heteroatoms. The van der Waals surface area contributed by atoms with Gasteiger partial charge in [0.1, 0.15) is 6.33 Å². The molecule has 0 radical (unpaired) electrons. The second-order valence-corrected chi connectivity index (χ2v) is 7.92. The van der Waals surface area contributed by atoms with Gasteiger partial charge in [0.2, 0.25) is 5.91 Å². The number of aromatic nitrogens is 3. The van der Waals surface area contributed by atoms with Gasteiger partial charge >= 0.3 is 0 Å². The number of likely N-dealkylation sites (tertiary alicyclic amines) is 1. The van der Waals surface area contributed by atoms with Crippen LogP contribution in [0.4, 0.5) is 0 Å². The normalized spacial score (nSPS) is 18.7. The third-order valence-electron chi connectivity index (χ3n) is 4.65. The number of aryl methyl sites for hydroxylation is 1. The maximum Gasteiger partial charge on any atom is 0.219 e. The lowest BCUT2D eigenvalue weighted by Gasteiger charge is -2.30. The van der Waals surface area contributed by atoms with E-state index in [1.54, 1.807) is 30.7 Å². The van der Waals surface area contributed by atoms with Crippen molar-refractivity contribution in [2.75, 3.05) is 13.1 Å². The molecule has 2 aromatic rings. The molecule has 0 saturated carbocycles. The zero-order chi connectivity index (χ0) is 17.6. The maximum atomic E-state index is 12.2. The SMILES string of the molecule is CC(=O)N(Cc1cncnc1)[C@H]1CCCN(Cc2cnc(C)s2)CC1. The molecule has 0 unspecified atom stereocenters. The third-order valence-corrected chi connectivity index (χ3v) is 5.55. The maximum absolute atomic E-state index is 12.2. The molecule has 6 nitrogen and oxygen atoms in total. The van der Waals surface area contributed by atoms with Gasteiger partial charge in [-0.2, -0.15) is 0 Å². The van der Waals surface area contributed by atoms with Crippen molar-refractivity contribution in [2.45, 2.75) is 52.2 Å². The van der Waals surface area contributed by atoms with Gasteiger partial charge in [-0.1, -0.05) is 0 Å². The number of thiazole rings is 1. The zero-order valence-electron chi connectivity index (χ0n) is 14.9. The van der Waals surface area contributed by atoms with E-state index in [4.69, 9.17) is 0 Å². The molecule has 0 bridgehead atoms. The summed E-state index contributed by atoms with van der Waals surface area (Å²) in [6.45, 7) is 7.35. The van der Waals surface area contributed by atoms with Crippen molar-refractivity contribution in [3.63, 3.8) is 0 Å². The van der Waals surface area contributed by atoms with Gasteiger partial charge in [0.25, 0.3) is 0 Å². The Morgan fingerprint density at radius 2 is 2.08 bits per heavy atom. The Bertz CT molecular complexity index is 690. The predicted molar refractivity (Wildman–Crippen MR) is 98.0 cm³/mol. The molecular weight excluding hydrogens is 334 g/mol. The first-order valence-corrected chi connectivity index (χ1v) is 9.58. The van der Waals surface area contributed by atoms with Crippen LogP contribution in [0.3, 0.4) is 0 Å². The summed E-state index contributed by atoms with van der Waals surface area (Å²) in [5.41, 5.74) is 0.985. The average Bonchev–Trinajstić information content (AvgIpc) is 2.87. The second kappa shape index (κ2) is 8.49. The van der Waals surface area contributed by atoms with Crippen LogP contribution < -0.4 is 0 Å². The topological polar surface area (TPSA) is 62.2 Å². The molecule has 2 aromatic heterocycles. The van der Waals surface area contributed by atoms with E-state index in [1.165, 1.54) is 11.2 Å². The summed E-state index contributed by atoms with van der Waals surface area (Å²) in [4.78, 5) is 30.5. The molecule has 0 aromatic carbocycles. The molecular formula is C18H25N5OS. The van der Waals surface area contributed by atoms with Gasteiger partial charge in [0.05, 0.1) is 5.01 Å². The Labute approximate surface area is 152 Å². The molecule has 1 aliphatic heterocycles. The van der Waals surface area contributed by atoms with Crippen LogP contribution >= 0.6 is 11.3 Å². The van der Waals surface area contributed by atoms with Gasteiger partial charge in [-0.15, -0.1) is 11.3 Å². The first kappa shape index (κ1) is 17.9. The minimum Gasteiger partial charge on any atom is -0.335 e. The predicted octanol–water partition coefficient (Wildman–Crippen LogP) is 2.64. The second-order valence-electron chi connectivity index (χ2n) is 6.60. The highest BCUT2D eigenvalue weighted by Gasteiger charge is 2.25. The summed E-state index contributed by atoms with van der Waals surface area (Å²) < 4.78 is 0. The van der Waals surface area contributed by atoms with Crippen molar-refractivity contribution in [1.82, 2.24) is 24.8 Å². The van der Waals surface area contributed by atoms with Crippen molar-refractivity contribution in [2.24, 2.45) is 0 Å². The van der Waals surface area contributed by atoms with E-state index >= 15 is 0 Å². The van der Waals surface area contributed by atoms with Crippen LogP contribution in [-0.2, 0) is 17.9 Å². The molecule has 1 amide bonds. The smallest absolute Gasteiger partial charge is 0.219 e. The number of rotatable bonds is 5. The van der Waals surface area contributed by atoms with E-state index in [1.807, 2.05) is 18.0 Å². The zero-order valence-corrected chi connectivity index (χ0v) is 15.7. The standard InChI is InChI=1S/C18H25N5OS/c1-14-21-10-18(25-14)12-22-6-3-4-17(5-7-22)23(15(2)24)11-16-8-19-13-20-9-16/h8-10,13,17H,3-7,11-12H2,1-2H3/t17-/m0/s1. The van der Waals surface area contributed by atoms with Crippen LogP contribution in [-0.4, -0.2) is 49.8 Å². The fraction of sp³-hybridized carbons (Fsp3) is 0.556. The van der Waals surface area contributed by atoms with Crippen LogP contribution in [0.5, 0.6) is 0 Å². The average molecular weight is 359 g/mol. The van der Waals surface area contributed by atoms with Gasteiger partial charge < -0.3 is 4.90 Å². The molecule has 1 fully saturated rings. The minimum absolute atomic E-state index is 0.125.